The summed E-state index contributed by atoms with van der Waals surface area (Å²) in [5.41, 5.74) is 9.35. The van der Waals surface area contributed by atoms with E-state index < -0.39 is 0 Å². The van der Waals surface area contributed by atoms with Crippen LogP contribution in [0.2, 0.25) is 0 Å². The fourth-order valence-corrected chi connectivity index (χ4v) is 3.27. The second-order valence-corrected chi connectivity index (χ2v) is 7.43. The Labute approximate surface area is 191 Å². The molecular formula is C25H22N6O2. The summed E-state index contributed by atoms with van der Waals surface area (Å²) in [5, 5.41) is 16.1. The van der Waals surface area contributed by atoms with Crippen LogP contribution in [0.1, 0.15) is 40.0 Å². The lowest BCUT2D eigenvalue weighted by molar-refractivity contribution is 0.0940. The molecule has 2 aromatic carbocycles. The van der Waals surface area contributed by atoms with Crippen molar-refractivity contribution in [1.29, 1.82) is 5.26 Å². The highest BCUT2D eigenvalue weighted by molar-refractivity contribution is 5.94. The molecule has 164 valence electrons. The molecule has 2 heterocycles. The van der Waals surface area contributed by atoms with Crippen molar-refractivity contribution >= 4 is 11.7 Å². The molecule has 0 bridgehead atoms. The molecule has 0 aliphatic heterocycles. The third-order valence-electron chi connectivity index (χ3n) is 5.16. The number of benzene rings is 2. The van der Waals surface area contributed by atoms with Crippen LogP contribution < -0.4 is 15.8 Å². The Hall–Kier alpha value is -4.64. The number of nitrogens with one attached hydrogen (secondary N) is 1. The van der Waals surface area contributed by atoms with Crippen LogP contribution in [-0.4, -0.2) is 20.7 Å². The van der Waals surface area contributed by atoms with Gasteiger partial charge in [0.2, 0.25) is 0 Å². The number of aromatic nitrogens is 3. The van der Waals surface area contributed by atoms with E-state index in [4.69, 9.17) is 15.7 Å². The first-order chi connectivity index (χ1) is 16.0. The predicted octanol–water partition coefficient (Wildman–Crippen LogP) is 3.79. The van der Waals surface area contributed by atoms with Crippen LogP contribution in [0.3, 0.4) is 0 Å². The van der Waals surface area contributed by atoms with Gasteiger partial charge in [0, 0.05) is 23.5 Å². The standard InChI is InChI=1S/C25H22N6O2/c1-17(19-6-10-23(11-7-19)33-16-18-3-2-12-28-14-18)30-25(32)20-4-8-22(9-5-20)31-24(27)21(13-26)15-29-31/h2-12,14-15,17H,16,27H2,1H3,(H,30,32)/t17-/m0/s1. The lowest BCUT2D eigenvalue weighted by Gasteiger charge is -2.15. The Balaban J connectivity index is 1.36. The lowest BCUT2D eigenvalue weighted by atomic mass is 10.1. The van der Waals surface area contributed by atoms with Crippen molar-refractivity contribution in [2.24, 2.45) is 0 Å². The van der Waals surface area contributed by atoms with Crippen LogP contribution in [0.25, 0.3) is 5.69 Å². The number of amides is 1. The number of carbonyl (C=O) groups is 1. The van der Waals surface area contributed by atoms with Gasteiger partial charge < -0.3 is 15.8 Å². The number of hydrogen-bond acceptors (Lipinski definition) is 6. The Morgan fingerprint density at radius 2 is 1.91 bits per heavy atom. The Morgan fingerprint density at radius 1 is 1.15 bits per heavy atom. The summed E-state index contributed by atoms with van der Waals surface area (Å²) in [6.07, 6.45) is 4.90. The van der Waals surface area contributed by atoms with Crippen molar-refractivity contribution < 1.29 is 9.53 Å². The largest absolute Gasteiger partial charge is 0.489 e. The van der Waals surface area contributed by atoms with Crippen LogP contribution in [-0.2, 0) is 6.61 Å². The SMILES string of the molecule is C[C@H](NC(=O)c1ccc(-n2ncc(C#N)c2N)cc1)c1ccc(OCc2cccnc2)cc1. The van der Waals surface area contributed by atoms with Crippen molar-refractivity contribution in [2.45, 2.75) is 19.6 Å². The number of carbonyl (C=O) groups excluding carboxylic acids is 1. The Morgan fingerprint density at radius 3 is 2.55 bits per heavy atom. The summed E-state index contributed by atoms with van der Waals surface area (Å²) in [4.78, 5) is 16.8. The third kappa shape index (κ3) is 4.99. The summed E-state index contributed by atoms with van der Waals surface area (Å²) in [5.74, 6) is 0.808. The van der Waals surface area contributed by atoms with Gasteiger partial charge in [-0.1, -0.05) is 18.2 Å². The van der Waals surface area contributed by atoms with Gasteiger partial charge in [0.25, 0.3) is 5.91 Å². The maximum Gasteiger partial charge on any atom is 0.251 e. The number of anilines is 1. The zero-order valence-corrected chi connectivity index (χ0v) is 18.0. The van der Waals surface area contributed by atoms with Crippen LogP contribution in [0.15, 0.2) is 79.3 Å². The number of nitrogens with zero attached hydrogens (tertiary/aromatic N) is 4. The highest BCUT2D eigenvalue weighted by Crippen LogP contribution is 2.20. The molecule has 0 fully saturated rings. The number of nitrogen functional groups attached to an aromatic ring is 1. The first kappa shape index (κ1) is 21.6. The van der Waals surface area contributed by atoms with Crippen LogP contribution in [0.4, 0.5) is 5.82 Å². The fourth-order valence-electron chi connectivity index (χ4n) is 3.27. The molecule has 0 radical (unpaired) electrons. The van der Waals surface area contributed by atoms with Gasteiger partial charge in [-0.25, -0.2) is 4.68 Å². The van der Waals surface area contributed by atoms with E-state index in [0.717, 1.165) is 16.9 Å². The summed E-state index contributed by atoms with van der Waals surface area (Å²) in [7, 11) is 0. The number of ether oxygens (including phenoxy) is 1. The minimum atomic E-state index is -0.197. The molecule has 8 nitrogen and oxygen atoms in total. The molecular weight excluding hydrogens is 416 g/mol. The van der Waals surface area contributed by atoms with E-state index in [1.54, 1.807) is 36.7 Å². The van der Waals surface area contributed by atoms with Gasteiger partial charge in [-0.3, -0.25) is 9.78 Å². The maximum absolute atomic E-state index is 12.7. The highest BCUT2D eigenvalue weighted by Gasteiger charge is 2.13. The van der Waals surface area contributed by atoms with Gasteiger partial charge in [0.15, 0.2) is 0 Å². The summed E-state index contributed by atoms with van der Waals surface area (Å²) in [6.45, 7) is 2.36. The second-order valence-electron chi connectivity index (χ2n) is 7.43. The molecule has 3 N–H and O–H groups in total. The number of hydrogen-bond donors (Lipinski definition) is 2. The number of nitrogens with two attached hydrogens (primary N) is 1. The molecule has 4 aromatic rings. The van der Waals surface area contributed by atoms with Crippen molar-refractivity contribution in [3.05, 3.63) is 102 Å². The molecule has 1 atom stereocenters. The van der Waals surface area contributed by atoms with E-state index in [1.807, 2.05) is 49.4 Å². The molecule has 0 aliphatic carbocycles. The molecule has 2 aromatic heterocycles. The monoisotopic (exact) mass is 438 g/mol. The normalized spacial score (nSPS) is 11.4. The average molecular weight is 438 g/mol. The fraction of sp³-hybridized carbons (Fsp3) is 0.120. The molecule has 1 amide bonds. The van der Waals surface area contributed by atoms with Gasteiger partial charge in [-0.15, -0.1) is 0 Å². The summed E-state index contributed by atoms with van der Waals surface area (Å²) < 4.78 is 7.24. The van der Waals surface area contributed by atoms with E-state index in [-0.39, 0.29) is 17.8 Å². The zero-order valence-electron chi connectivity index (χ0n) is 18.0. The summed E-state index contributed by atoms with van der Waals surface area (Å²) in [6, 6.07) is 20.1. The molecule has 8 heteroatoms. The van der Waals surface area contributed by atoms with E-state index >= 15 is 0 Å². The molecule has 33 heavy (non-hydrogen) atoms. The van der Waals surface area contributed by atoms with Gasteiger partial charge in [-0.05, 0) is 55.0 Å². The highest BCUT2D eigenvalue weighted by atomic mass is 16.5. The van der Waals surface area contributed by atoms with E-state index in [2.05, 4.69) is 15.4 Å². The third-order valence-corrected chi connectivity index (χ3v) is 5.16. The number of pyridine rings is 1. The molecule has 0 saturated carbocycles. The van der Waals surface area contributed by atoms with Crippen LogP contribution in [0, 0.1) is 11.3 Å². The predicted molar refractivity (Wildman–Crippen MR) is 124 cm³/mol. The van der Waals surface area contributed by atoms with Crippen LogP contribution in [0.5, 0.6) is 5.75 Å². The first-order valence-electron chi connectivity index (χ1n) is 10.3. The average Bonchev–Trinajstić information content (AvgIpc) is 3.24. The lowest BCUT2D eigenvalue weighted by Crippen LogP contribution is -2.26. The topological polar surface area (TPSA) is 119 Å². The molecule has 0 unspecified atom stereocenters. The van der Waals surface area contributed by atoms with Gasteiger partial charge in [-0.2, -0.15) is 10.4 Å². The van der Waals surface area contributed by atoms with Gasteiger partial charge >= 0.3 is 0 Å². The molecule has 4 rings (SSSR count). The van der Waals surface area contributed by atoms with Crippen LogP contribution >= 0.6 is 0 Å². The zero-order chi connectivity index (χ0) is 23.2. The van der Waals surface area contributed by atoms with E-state index in [0.29, 0.717) is 23.4 Å². The van der Waals surface area contributed by atoms with Gasteiger partial charge in [0.1, 0.15) is 29.8 Å². The molecule has 0 spiro atoms. The van der Waals surface area contributed by atoms with Crippen molar-refractivity contribution in [2.75, 3.05) is 5.73 Å². The number of rotatable bonds is 7. The van der Waals surface area contributed by atoms with E-state index in [9.17, 15) is 4.79 Å². The van der Waals surface area contributed by atoms with Crippen molar-refractivity contribution in [3.8, 4) is 17.5 Å². The quantitative estimate of drug-likeness (QED) is 0.453. The summed E-state index contributed by atoms with van der Waals surface area (Å²) >= 11 is 0. The molecule has 0 aliphatic rings. The van der Waals surface area contributed by atoms with Crippen molar-refractivity contribution in [3.63, 3.8) is 0 Å². The van der Waals surface area contributed by atoms with Gasteiger partial charge in [0.05, 0.1) is 17.9 Å². The Bertz CT molecular complexity index is 1280. The second kappa shape index (κ2) is 9.66. The Kier molecular flexibility index (Phi) is 6.32. The smallest absolute Gasteiger partial charge is 0.251 e. The maximum atomic E-state index is 12.7. The first-order valence-corrected chi connectivity index (χ1v) is 10.3. The van der Waals surface area contributed by atoms with Crippen molar-refractivity contribution in [1.82, 2.24) is 20.1 Å². The van der Waals surface area contributed by atoms with E-state index in [1.165, 1.54) is 10.9 Å². The minimum absolute atomic E-state index is 0.190. The molecule has 0 saturated heterocycles. The number of nitriles is 1. The minimum Gasteiger partial charge on any atom is -0.489 e.